The van der Waals surface area contributed by atoms with Crippen LogP contribution in [0.5, 0.6) is 0 Å². The first-order chi connectivity index (χ1) is 13.6. The lowest BCUT2D eigenvalue weighted by molar-refractivity contribution is -0.130. The van der Waals surface area contributed by atoms with E-state index >= 15 is 0 Å². The fourth-order valence-corrected chi connectivity index (χ4v) is 3.53. The lowest BCUT2D eigenvalue weighted by Crippen LogP contribution is -2.41. The summed E-state index contributed by atoms with van der Waals surface area (Å²) in [5.41, 5.74) is -0.642. The number of Topliss-reactive ketones (excluding diaryl/α,β-unsaturated/α-hetero) is 1. The highest BCUT2D eigenvalue weighted by atomic mass is 32.2. The van der Waals surface area contributed by atoms with E-state index in [0.29, 0.717) is 5.56 Å². The first-order valence-corrected chi connectivity index (χ1v) is 9.92. The van der Waals surface area contributed by atoms with Gasteiger partial charge in [-0.05, 0) is 36.8 Å². The van der Waals surface area contributed by atoms with Crippen molar-refractivity contribution in [3.63, 3.8) is 0 Å². The second-order valence-electron chi connectivity index (χ2n) is 6.63. The van der Waals surface area contributed by atoms with Gasteiger partial charge in [0.1, 0.15) is 5.54 Å². The molecule has 3 amide bonds. The molecule has 1 saturated heterocycles. The van der Waals surface area contributed by atoms with Gasteiger partial charge >= 0.3 is 6.03 Å². The molecule has 1 heterocycles. The predicted octanol–water partition coefficient (Wildman–Crippen LogP) is 0.856. The van der Waals surface area contributed by atoms with Crippen molar-refractivity contribution >= 4 is 27.7 Å². The number of rotatable bonds is 5. The molecule has 3 rings (SSSR count). The number of hydrogen-bond donors (Lipinski definition) is 2. The number of imide groups is 1. The van der Waals surface area contributed by atoms with Crippen molar-refractivity contribution in [3.8, 4) is 6.07 Å². The Morgan fingerprint density at radius 1 is 1.21 bits per heavy atom. The molecule has 10 heteroatoms. The summed E-state index contributed by atoms with van der Waals surface area (Å²) >= 11 is 0. The van der Waals surface area contributed by atoms with E-state index in [-0.39, 0.29) is 16.0 Å². The van der Waals surface area contributed by atoms with Gasteiger partial charge in [0.05, 0.1) is 23.1 Å². The molecule has 1 unspecified atom stereocenters. The van der Waals surface area contributed by atoms with E-state index in [1.807, 2.05) is 6.07 Å². The van der Waals surface area contributed by atoms with Crippen LogP contribution in [-0.4, -0.2) is 37.6 Å². The summed E-state index contributed by atoms with van der Waals surface area (Å²) in [5, 5.41) is 16.5. The van der Waals surface area contributed by atoms with Crippen LogP contribution in [0, 0.1) is 11.3 Å². The number of amides is 3. The van der Waals surface area contributed by atoms with Gasteiger partial charge < -0.3 is 5.32 Å². The van der Waals surface area contributed by atoms with Crippen molar-refractivity contribution in [1.82, 2.24) is 10.2 Å². The summed E-state index contributed by atoms with van der Waals surface area (Å²) in [7, 11) is -3.90. The van der Waals surface area contributed by atoms with Gasteiger partial charge in [-0.15, -0.1) is 0 Å². The zero-order chi connectivity index (χ0) is 21.4. The summed E-state index contributed by atoms with van der Waals surface area (Å²) in [4.78, 5) is 38.4. The van der Waals surface area contributed by atoms with Gasteiger partial charge in [0.15, 0.2) is 5.78 Å². The van der Waals surface area contributed by atoms with E-state index in [4.69, 9.17) is 10.4 Å². The molecule has 9 nitrogen and oxygen atoms in total. The number of hydrogen-bond acceptors (Lipinski definition) is 6. The Hall–Kier alpha value is -3.55. The maximum atomic E-state index is 12.9. The summed E-state index contributed by atoms with van der Waals surface area (Å²) in [6.07, 6.45) is 0. The van der Waals surface area contributed by atoms with Crippen molar-refractivity contribution in [2.24, 2.45) is 5.14 Å². The molecule has 0 bridgehead atoms. The highest BCUT2D eigenvalue weighted by Crippen LogP contribution is 2.29. The van der Waals surface area contributed by atoms with Crippen molar-refractivity contribution in [3.05, 3.63) is 65.2 Å². The normalized spacial score (nSPS) is 19.0. The fourth-order valence-electron chi connectivity index (χ4n) is 3.01. The molecule has 1 aliphatic heterocycles. The van der Waals surface area contributed by atoms with Gasteiger partial charge in [-0.3, -0.25) is 14.5 Å². The number of nitrogens with one attached hydrogen (secondary N) is 1. The Morgan fingerprint density at radius 2 is 1.86 bits per heavy atom. The van der Waals surface area contributed by atoms with Crippen LogP contribution in [0.15, 0.2) is 53.4 Å². The van der Waals surface area contributed by atoms with Gasteiger partial charge in [-0.2, -0.15) is 5.26 Å². The molecule has 2 aromatic carbocycles. The van der Waals surface area contributed by atoms with Gasteiger partial charge in [-0.1, -0.05) is 24.3 Å². The van der Waals surface area contributed by atoms with Crippen LogP contribution in [0.2, 0.25) is 0 Å². The van der Waals surface area contributed by atoms with Crippen molar-refractivity contribution in [2.45, 2.75) is 17.4 Å². The molecule has 148 valence electrons. The number of nitriles is 1. The Kier molecular flexibility index (Phi) is 4.96. The van der Waals surface area contributed by atoms with Crippen LogP contribution in [0.25, 0.3) is 0 Å². The number of sulfonamides is 1. The highest BCUT2D eigenvalue weighted by molar-refractivity contribution is 7.89. The van der Waals surface area contributed by atoms with E-state index in [9.17, 15) is 22.8 Å². The number of nitrogens with two attached hydrogens (primary N) is 1. The van der Waals surface area contributed by atoms with Gasteiger partial charge in [0, 0.05) is 5.56 Å². The lowest BCUT2D eigenvalue weighted by atomic mass is 9.92. The largest absolute Gasteiger partial charge is 0.325 e. The molecule has 0 radical (unpaired) electrons. The minimum Gasteiger partial charge on any atom is -0.319 e. The van der Waals surface area contributed by atoms with E-state index in [2.05, 4.69) is 5.32 Å². The number of carbonyl (C=O) groups is 3. The number of carbonyl (C=O) groups excluding carboxylic acids is 3. The Morgan fingerprint density at radius 3 is 2.45 bits per heavy atom. The first-order valence-electron chi connectivity index (χ1n) is 8.37. The monoisotopic (exact) mass is 412 g/mol. The van der Waals surface area contributed by atoms with Crippen LogP contribution in [0.3, 0.4) is 0 Å². The number of urea groups is 1. The smallest absolute Gasteiger partial charge is 0.319 e. The average molecular weight is 412 g/mol. The van der Waals surface area contributed by atoms with E-state index < -0.39 is 39.8 Å². The maximum absolute atomic E-state index is 12.9. The molecule has 1 atom stereocenters. The molecule has 1 aliphatic rings. The molecule has 1 fully saturated rings. The zero-order valence-electron chi connectivity index (χ0n) is 15.2. The van der Waals surface area contributed by atoms with Gasteiger partial charge in [0.25, 0.3) is 5.91 Å². The molecule has 2 aromatic rings. The summed E-state index contributed by atoms with van der Waals surface area (Å²) in [5.74, 6) is -1.16. The summed E-state index contributed by atoms with van der Waals surface area (Å²) < 4.78 is 22.8. The molecule has 0 aromatic heterocycles. The third-order valence-electron chi connectivity index (χ3n) is 4.65. The van der Waals surface area contributed by atoms with Crippen molar-refractivity contribution in [2.75, 3.05) is 6.54 Å². The van der Waals surface area contributed by atoms with Crippen LogP contribution >= 0.6 is 0 Å². The summed E-state index contributed by atoms with van der Waals surface area (Å²) in [6.45, 7) is 0.963. The van der Waals surface area contributed by atoms with Crippen molar-refractivity contribution in [1.29, 1.82) is 5.26 Å². The van der Waals surface area contributed by atoms with Gasteiger partial charge in [-0.25, -0.2) is 18.4 Å². The van der Waals surface area contributed by atoms with E-state index in [1.165, 1.54) is 55.5 Å². The van der Waals surface area contributed by atoms with Crippen molar-refractivity contribution < 1.29 is 22.8 Å². The Labute approximate surface area is 166 Å². The quantitative estimate of drug-likeness (QED) is 0.549. The molecule has 0 saturated carbocycles. The Balaban J connectivity index is 1.85. The van der Waals surface area contributed by atoms with Crippen LogP contribution in [-0.2, 0) is 20.4 Å². The maximum Gasteiger partial charge on any atom is 0.325 e. The zero-order valence-corrected chi connectivity index (χ0v) is 16.1. The highest BCUT2D eigenvalue weighted by Gasteiger charge is 2.49. The molecular formula is C19H16N4O5S. The average Bonchev–Trinajstić information content (AvgIpc) is 2.91. The number of ketones is 1. The van der Waals surface area contributed by atoms with Crippen LogP contribution < -0.4 is 10.5 Å². The third-order valence-corrected chi connectivity index (χ3v) is 5.58. The molecule has 29 heavy (non-hydrogen) atoms. The number of primary sulfonamides is 1. The van der Waals surface area contributed by atoms with E-state index in [1.54, 1.807) is 0 Å². The molecular weight excluding hydrogens is 396 g/mol. The minimum absolute atomic E-state index is 0.133. The lowest BCUT2D eigenvalue weighted by Gasteiger charge is -2.22. The molecule has 0 spiro atoms. The second-order valence-corrected chi connectivity index (χ2v) is 8.19. The fraction of sp³-hybridized carbons (Fsp3) is 0.158. The predicted molar refractivity (Wildman–Crippen MR) is 101 cm³/mol. The van der Waals surface area contributed by atoms with Crippen LogP contribution in [0.1, 0.15) is 28.4 Å². The summed E-state index contributed by atoms with van der Waals surface area (Å²) in [6, 6.07) is 12.3. The third kappa shape index (κ3) is 3.73. The number of nitrogens with zero attached hydrogens (tertiary/aromatic N) is 2. The first kappa shape index (κ1) is 20.2. The van der Waals surface area contributed by atoms with E-state index in [0.717, 1.165) is 4.90 Å². The SMILES string of the molecule is CC1(c2ccc(S(N)(=O)=O)cc2)NC(=O)N(CC(=O)c2cccc(C#N)c2)C1=O. The Bertz CT molecular complexity index is 1170. The standard InChI is InChI=1S/C19H16N4O5S/c1-19(14-5-7-15(8-6-14)29(21,27)28)17(25)23(18(26)22-19)11-16(24)13-4-2-3-12(9-13)10-20/h2-9H,11H2,1H3,(H,22,26)(H2,21,27,28). The minimum atomic E-state index is -3.90. The topological polar surface area (TPSA) is 150 Å². The molecule has 3 N–H and O–H groups in total. The van der Waals surface area contributed by atoms with Crippen LogP contribution in [0.4, 0.5) is 4.79 Å². The number of benzene rings is 2. The second kappa shape index (κ2) is 7.12. The molecule has 0 aliphatic carbocycles. The van der Waals surface area contributed by atoms with Gasteiger partial charge in [0.2, 0.25) is 10.0 Å².